The minimum atomic E-state index is -0.459. The van der Waals surface area contributed by atoms with Crippen molar-refractivity contribution >= 4 is 27.5 Å². The first-order valence-electron chi connectivity index (χ1n) is 6.99. The Morgan fingerprint density at radius 2 is 1.91 bits per heavy atom. The van der Waals surface area contributed by atoms with Crippen molar-refractivity contribution in [3.8, 4) is 17.6 Å². The number of nitriles is 1. The molecule has 0 aliphatic heterocycles. The second-order valence-corrected chi connectivity index (χ2v) is 5.16. The summed E-state index contributed by atoms with van der Waals surface area (Å²) in [6.07, 6.45) is 0. The number of carbonyl (C=O) groups is 1. The normalized spacial score (nSPS) is 10.0. The Morgan fingerprint density at radius 3 is 2.43 bits per heavy atom. The Hall–Kier alpha value is -2.46. The lowest BCUT2D eigenvalue weighted by Crippen LogP contribution is -2.12. The number of carbonyl (C=O) groups excluding carboxylic acids is 1. The van der Waals surface area contributed by atoms with Crippen molar-refractivity contribution in [2.45, 2.75) is 13.8 Å². The van der Waals surface area contributed by atoms with Gasteiger partial charge >= 0.3 is 0 Å². The van der Waals surface area contributed by atoms with Crippen LogP contribution < -0.4 is 14.8 Å². The van der Waals surface area contributed by atoms with Crippen LogP contribution in [0.4, 0.5) is 5.69 Å². The average Bonchev–Trinajstić information content (AvgIpc) is 2.96. The summed E-state index contributed by atoms with van der Waals surface area (Å²) in [4.78, 5) is 12.2. The first-order valence-corrected chi connectivity index (χ1v) is 7.78. The molecule has 0 bridgehead atoms. The monoisotopic (exact) mass is 378 g/mol. The van der Waals surface area contributed by atoms with Gasteiger partial charge in [0.15, 0.2) is 21.9 Å². The minimum Gasteiger partial charge on any atom is -0.490 e. The van der Waals surface area contributed by atoms with Gasteiger partial charge in [0, 0.05) is 12.1 Å². The molecule has 1 aromatic carbocycles. The summed E-state index contributed by atoms with van der Waals surface area (Å²) in [5.74, 6) is 0.598. The van der Waals surface area contributed by atoms with Crippen LogP contribution in [0.5, 0.6) is 11.5 Å². The molecule has 0 unspecified atom stereocenters. The van der Waals surface area contributed by atoms with Crippen molar-refractivity contribution in [1.29, 1.82) is 5.26 Å². The molecule has 0 spiro atoms. The van der Waals surface area contributed by atoms with Crippen LogP contribution in [0.25, 0.3) is 0 Å². The summed E-state index contributed by atoms with van der Waals surface area (Å²) < 4.78 is 16.6. The number of amides is 1. The molecule has 0 radical (unpaired) electrons. The highest BCUT2D eigenvalue weighted by atomic mass is 79.9. The van der Waals surface area contributed by atoms with Gasteiger partial charge in [-0.1, -0.05) is 0 Å². The molecule has 2 aromatic rings. The van der Waals surface area contributed by atoms with Gasteiger partial charge in [0.2, 0.25) is 0 Å². The number of hydrogen-bond donors (Lipinski definition) is 1. The number of halogens is 1. The van der Waals surface area contributed by atoms with Crippen molar-refractivity contribution in [3.05, 3.63) is 40.3 Å². The van der Waals surface area contributed by atoms with Gasteiger partial charge in [-0.05, 0) is 41.9 Å². The van der Waals surface area contributed by atoms with Gasteiger partial charge in [0.25, 0.3) is 5.91 Å². The zero-order valence-electron chi connectivity index (χ0n) is 12.7. The van der Waals surface area contributed by atoms with E-state index in [1.54, 1.807) is 18.2 Å². The number of rotatable bonds is 6. The lowest BCUT2D eigenvalue weighted by molar-refractivity contribution is 0.0995. The standard InChI is InChI=1S/C16H15BrN2O4/c1-3-21-13-7-10(9-18)11(8-14(13)22-4-2)19-16(20)12-5-6-15(17)23-12/h5-8H,3-4H2,1-2H3,(H,19,20). The highest BCUT2D eigenvalue weighted by Crippen LogP contribution is 2.34. The van der Waals surface area contributed by atoms with Crippen molar-refractivity contribution in [3.63, 3.8) is 0 Å². The Kier molecular flexibility index (Phi) is 5.66. The summed E-state index contributed by atoms with van der Waals surface area (Å²) >= 11 is 3.14. The van der Waals surface area contributed by atoms with E-state index < -0.39 is 5.91 Å². The fourth-order valence-electron chi connectivity index (χ4n) is 1.91. The van der Waals surface area contributed by atoms with Gasteiger partial charge in [-0.2, -0.15) is 5.26 Å². The SMILES string of the molecule is CCOc1cc(C#N)c(NC(=O)c2ccc(Br)o2)cc1OCC. The van der Waals surface area contributed by atoms with E-state index >= 15 is 0 Å². The van der Waals surface area contributed by atoms with Crippen LogP contribution >= 0.6 is 15.9 Å². The molecular weight excluding hydrogens is 364 g/mol. The molecule has 0 aliphatic carbocycles. The van der Waals surface area contributed by atoms with Crippen molar-refractivity contribution < 1.29 is 18.7 Å². The fourth-order valence-corrected chi connectivity index (χ4v) is 2.22. The smallest absolute Gasteiger partial charge is 0.291 e. The number of nitrogens with one attached hydrogen (secondary N) is 1. The zero-order chi connectivity index (χ0) is 16.8. The van der Waals surface area contributed by atoms with E-state index in [9.17, 15) is 10.1 Å². The van der Waals surface area contributed by atoms with Crippen LogP contribution in [0.2, 0.25) is 0 Å². The predicted octanol–water partition coefficient (Wildman–Crippen LogP) is 3.96. The molecule has 0 saturated heterocycles. The van der Waals surface area contributed by atoms with E-state index in [0.29, 0.717) is 35.1 Å². The van der Waals surface area contributed by atoms with E-state index in [2.05, 4.69) is 21.2 Å². The maximum atomic E-state index is 12.2. The Balaban J connectivity index is 2.34. The minimum absolute atomic E-state index is 0.132. The lowest BCUT2D eigenvalue weighted by atomic mass is 10.1. The molecular formula is C16H15BrN2O4. The summed E-state index contributed by atoms with van der Waals surface area (Å²) in [6, 6.07) is 8.30. The van der Waals surface area contributed by atoms with Crippen LogP contribution in [0.3, 0.4) is 0 Å². The predicted molar refractivity (Wildman–Crippen MR) is 87.9 cm³/mol. The average molecular weight is 379 g/mol. The van der Waals surface area contributed by atoms with E-state index in [-0.39, 0.29) is 11.3 Å². The highest BCUT2D eigenvalue weighted by molar-refractivity contribution is 9.10. The molecule has 0 atom stereocenters. The van der Waals surface area contributed by atoms with E-state index in [1.165, 1.54) is 6.07 Å². The number of furan rings is 1. The topological polar surface area (TPSA) is 84.5 Å². The summed E-state index contributed by atoms with van der Waals surface area (Å²) in [7, 11) is 0. The Labute approximate surface area is 142 Å². The molecule has 1 amide bonds. The third-order valence-corrected chi connectivity index (χ3v) is 3.28. The first kappa shape index (κ1) is 16.9. The number of ether oxygens (including phenoxy) is 2. The van der Waals surface area contributed by atoms with Gasteiger partial charge in [-0.15, -0.1) is 0 Å². The summed E-state index contributed by atoms with van der Waals surface area (Å²) in [5.41, 5.74) is 0.604. The van der Waals surface area contributed by atoms with E-state index in [1.807, 2.05) is 19.9 Å². The zero-order valence-corrected chi connectivity index (χ0v) is 14.3. The first-order chi connectivity index (χ1) is 11.1. The van der Waals surface area contributed by atoms with Gasteiger partial charge in [-0.25, -0.2) is 0 Å². The van der Waals surface area contributed by atoms with Crippen LogP contribution in [-0.4, -0.2) is 19.1 Å². The number of nitrogens with zero attached hydrogens (tertiary/aromatic N) is 1. The van der Waals surface area contributed by atoms with Crippen LogP contribution in [-0.2, 0) is 0 Å². The maximum absolute atomic E-state index is 12.2. The largest absolute Gasteiger partial charge is 0.490 e. The van der Waals surface area contributed by atoms with Crippen LogP contribution in [0.1, 0.15) is 30.0 Å². The quantitative estimate of drug-likeness (QED) is 0.821. The second-order valence-electron chi connectivity index (χ2n) is 4.38. The van der Waals surface area contributed by atoms with E-state index in [4.69, 9.17) is 13.9 Å². The van der Waals surface area contributed by atoms with Crippen molar-refractivity contribution in [2.24, 2.45) is 0 Å². The Bertz CT molecular complexity index is 749. The molecule has 1 N–H and O–H groups in total. The second kappa shape index (κ2) is 7.70. The third-order valence-electron chi connectivity index (χ3n) is 2.85. The molecule has 6 nitrogen and oxygen atoms in total. The van der Waals surface area contributed by atoms with Crippen LogP contribution in [0, 0.1) is 11.3 Å². The highest BCUT2D eigenvalue weighted by Gasteiger charge is 2.16. The van der Waals surface area contributed by atoms with Crippen LogP contribution in [0.15, 0.2) is 33.4 Å². The van der Waals surface area contributed by atoms with Gasteiger partial charge in [0.05, 0.1) is 24.5 Å². The number of anilines is 1. The Morgan fingerprint density at radius 1 is 1.26 bits per heavy atom. The van der Waals surface area contributed by atoms with Crippen molar-refractivity contribution in [1.82, 2.24) is 0 Å². The van der Waals surface area contributed by atoms with Gasteiger partial charge in [0.1, 0.15) is 6.07 Å². The number of benzene rings is 1. The molecule has 23 heavy (non-hydrogen) atoms. The van der Waals surface area contributed by atoms with Gasteiger partial charge in [-0.3, -0.25) is 4.79 Å². The van der Waals surface area contributed by atoms with Crippen molar-refractivity contribution in [2.75, 3.05) is 18.5 Å². The summed E-state index contributed by atoms with van der Waals surface area (Å²) in [5, 5.41) is 11.9. The molecule has 0 saturated carbocycles. The molecule has 2 rings (SSSR count). The fraction of sp³-hybridized carbons (Fsp3) is 0.250. The summed E-state index contributed by atoms with van der Waals surface area (Å²) in [6.45, 7) is 4.56. The maximum Gasteiger partial charge on any atom is 0.291 e. The van der Waals surface area contributed by atoms with Gasteiger partial charge < -0.3 is 19.2 Å². The molecule has 7 heteroatoms. The third kappa shape index (κ3) is 4.05. The molecule has 1 heterocycles. The lowest BCUT2D eigenvalue weighted by Gasteiger charge is -2.14. The number of hydrogen-bond acceptors (Lipinski definition) is 5. The molecule has 120 valence electrons. The molecule has 0 aliphatic rings. The molecule has 0 fully saturated rings. The molecule has 1 aromatic heterocycles. The van der Waals surface area contributed by atoms with E-state index in [0.717, 1.165) is 0 Å².